The number of hydrogen-bond donors (Lipinski definition) is 2. The van der Waals surface area contributed by atoms with Gasteiger partial charge < -0.3 is 48.3 Å². The molecule has 0 spiro atoms. The van der Waals surface area contributed by atoms with Gasteiger partial charge in [-0.3, -0.25) is 13.8 Å². The van der Waals surface area contributed by atoms with Crippen LogP contribution in [-0.2, 0) is 47.0 Å². The molecule has 20 heteroatoms. The molecule has 73 heavy (non-hydrogen) atoms. The third kappa shape index (κ3) is 26.5. The van der Waals surface area contributed by atoms with Gasteiger partial charge in [0.1, 0.15) is 29.8 Å². The number of aliphatic hydroxyl groups is 1. The Balaban J connectivity index is 0.000000306. The van der Waals surface area contributed by atoms with Crippen LogP contribution in [0.1, 0.15) is 94.7 Å². The second kappa shape index (κ2) is 30.7. The van der Waals surface area contributed by atoms with Crippen LogP contribution in [0.25, 0.3) is 0 Å². The van der Waals surface area contributed by atoms with Crippen LogP contribution < -0.4 is 9.47 Å². The van der Waals surface area contributed by atoms with Gasteiger partial charge in [-0.15, -0.1) is 0 Å². The van der Waals surface area contributed by atoms with Crippen LogP contribution in [0.15, 0.2) is 72.8 Å². The van der Waals surface area contributed by atoms with Crippen LogP contribution in [0, 0.1) is 27.1 Å². The number of hydrogen-bond acceptors (Lipinski definition) is 17. The number of aromatic hydroxyl groups is 1. The minimum atomic E-state index is -3.29. The maximum absolute atomic E-state index is 10.6. The monoisotopic (exact) mass is 1090 g/mol. The third-order valence-electron chi connectivity index (χ3n) is 11.7. The Morgan fingerprint density at radius 2 is 0.932 bits per heavy atom. The fourth-order valence-electron chi connectivity index (χ4n) is 6.56. The lowest BCUT2D eigenvalue weighted by atomic mass is 9.79. The molecular weight excluding hydrogens is 1010 g/mol. The van der Waals surface area contributed by atoms with E-state index in [0.717, 1.165) is 89.4 Å². The van der Waals surface area contributed by atoms with Gasteiger partial charge in [-0.25, -0.2) is 8.42 Å². The van der Waals surface area contributed by atoms with Crippen molar-refractivity contribution in [2.75, 3.05) is 118 Å². The summed E-state index contributed by atoms with van der Waals surface area (Å²) in [6, 6.07) is 21.5. The first-order valence-electron chi connectivity index (χ1n) is 24.2. The number of aldehydes is 2. The summed E-state index contributed by atoms with van der Waals surface area (Å²) in [5, 5.41) is 17.3. The lowest BCUT2D eigenvalue weighted by Crippen LogP contribution is -2.44. The number of phenolic OH excluding ortho intramolecular Hbond substituents is 1. The van der Waals surface area contributed by atoms with E-state index in [1.54, 1.807) is 24.3 Å². The highest BCUT2D eigenvalue weighted by Gasteiger charge is 2.41. The Labute approximate surface area is 439 Å². The molecule has 0 saturated carbocycles. The van der Waals surface area contributed by atoms with Gasteiger partial charge in [-0.1, -0.05) is 74.4 Å². The Bertz CT molecular complexity index is 2240. The number of phenols is 1. The van der Waals surface area contributed by atoms with Gasteiger partial charge in [0.05, 0.1) is 105 Å². The van der Waals surface area contributed by atoms with E-state index < -0.39 is 19.2 Å². The summed E-state index contributed by atoms with van der Waals surface area (Å²) in [5.41, 5.74) is 3.08. The molecular formula is C53H82ClNO16S2. The van der Waals surface area contributed by atoms with Crippen molar-refractivity contribution < 1.29 is 74.0 Å². The smallest absolute Gasteiger partial charge is 0.264 e. The zero-order chi connectivity index (χ0) is 55.0. The standard InChI is InChI=1S/C16H22O3.C12H14O3.C7H6O2.C6H15N.C6H12O4S.C5H10O2.CH3ClO2S/c1-15(2)8-19-14(15)12-4-6-13(7-5-12)18-11-16(3)9-17-10-16;1-12(7-14-8-12)9-15-11-4-2-10(6-13)3-5-11;8-5-6-1-3-7(9)4-2-6;1-4-7(5-2)6-3;1-6(3-9-4-6)5-10-11(2,7)8;1-5(2-6)3-7-4-5;1-5(2,3)4/h4-7,14H,8-11H2,1-3H3;2-6H,7-9H2,1H3;1-5,9H;4-6H2,1-3H3;3-5H2,1-2H3;6H,2-4H2,1H3;1H3. The average molecular weight is 1090 g/mol. The normalized spacial score (nSPS) is 19.6. The fourth-order valence-corrected chi connectivity index (χ4v) is 7.06. The molecule has 0 amide bonds. The number of carbonyl (C=O) groups is 2. The van der Waals surface area contributed by atoms with Crippen LogP contribution in [-0.4, -0.2) is 163 Å². The zero-order valence-electron chi connectivity index (χ0n) is 44.7. The van der Waals surface area contributed by atoms with E-state index in [0.29, 0.717) is 30.9 Å². The number of rotatable bonds is 16. The first kappa shape index (κ1) is 65.4. The second-order valence-corrected chi connectivity index (χ2v) is 25.6. The summed E-state index contributed by atoms with van der Waals surface area (Å²) in [4.78, 5) is 22.8. The molecule has 0 aliphatic carbocycles. The first-order chi connectivity index (χ1) is 34.1. The van der Waals surface area contributed by atoms with Crippen molar-refractivity contribution in [2.24, 2.45) is 27.1 Å². The number of benzene rings is 3. The summed E-state index contributed by atoms with van der Waals surface area (Å²) < 4.78 is 81.8. The summed E-state index contributed by atoms with van der Waals surface area (Å²) in [7, 11) is -1.98. The lowest BCUT2D eigenvalue weighted by Gasteiger charge is -2.44. The summed E-state index contributed by atoms with van der Waals surface area (Å²) in [6.07, 6.45) is 3.76. The molecule has 5 aliphatic heterocycles. The number of halogens is 1. The highest BCUT2D eigenvalue weighted by molar-refractivity contribution is 8.13. The molecule has 2 N–H and O–H groups in total. The fraction of sp³-hybridized carbons (Fsp3) is 0.623. The SMILES string of the molecule is CC1(CO)COC1.CC1(COS(C)(=O)=O)COC1.CC1(COc2ccc(C3OCC3(C)C)cc2)COC1.CC1(COc2ccc(C=O)cc2)COC1.CCN(CC)CC.CS(=O)(=O)Cl.O=Cc1ccc(O)cc1. The molecule has 3 aromatic rings. The molecule has 0 radical (unpaired) electrons. The van der Waals surface area contributed by atoms with E-state index in [1.165, 1.54) is 37.3 Å². The minimum absolute atomic E-state index is 0.0942. The van der Waals surface area contributed by atoms with Gasteiger partial charge >= 0.3 is 0 Å². The maximum Gasteiger partial charge on any atom is 0.264 e. The molecule has 5 heterocycles. The molecule has 17 nitrogen and oxygen atoms in total. The zero-order valence-corrected chi connectivity index (χ0v) is 47.1. The molecule has 1 unspecified atom stereocenters. The van der Waals surface area contributed by atoms with E-state index in [2.05, 4.69) is 80.4 Å². The number of carbonyl (C=O) groups excluding carboxylic acids is 2. The summed E-state index contributed by atoms with van der Waals surface area (Å²) in [5.74, 6) is 1.91. The van der Waals surface area contributed by atoms with Crippen LogP contribution in [0.3, 0.4) is 0 Å². The van der Waals surface area contributed by atoms with Crippen LogP contribution in [0.4, 0.5) is 0 Å². The van der Waals surface area contributed by atoms with Gasteiger partial charge in [0, 0.05) is 48.9 Å². The molecule has 3 aromatic carbocycles. The van der Waals surface area contributed by atoms with Crippen molar-refractivity contribution >= 4 is 42.4 Å². The van der Waals surface area contributed by atoms with Crippen molar-refractivity contribution in [1.29, 1.82) is 0 Å². The summed E-state index contributed by atoms with van der Waals surface area (Å²) in [6.45, 7) is 31.3. The lowest BCUT2D eigenvalue weighted by molar-refractivity contribution is -0.172. The molecule has 5 fully saturated rings. The predicted octanol–water partition coefficient (Wildman–Crippen LogP) is 7.87. The largest absolute Gasteiger partial charge is 0.508 e. The van der Waals surface area contributed by atoms with E-state index in [4.69, 9.17) is 43.4 Å². The topological polar surface area (TPSA) is 220 Å². The van der Waals surface area contributed by atoms with Crippen molar-refractivity contribution in [1.82, 2.24) is 4.90 Å². The van der Waals surface area contributed by atoms with E-state index in [1.807, 2.05) is 38.1 Å². The van der Waals surface area contributed by atoms with Crippen molar-refractivity contribution in [3.05, 3.63) is 89.5 Å². The molecule has 1 atom stereocenters. The first-order valence-corrected chi connectivity index (χ1v) is 28.7. The molecule has 8 rings (SSSR count). The molecule has 5 saturated heterocycles. The van der Waals surface area contributed by atoms with Crippen molar-refractivity contribution in [2.45, 2.75) is 68.4 Å². The Morgan fingerprint density at radius 1 is 0.589 bits per heavy atom. The molecule has 0 aromatic heterocycles. The van der Waals surface area contributed by atoms with Crippen LogP contribution in [0.5, 0.6) is 17.2 Å². The predicted molar refractivity (Wildman–Crippen MR) is 283 cm³/mol. The quantitative estimate of drug-likeness (QED) is 0.0792. The van der Waals surface area contributed by atoms with E-state index in [9.17, 15) is 26.4 Å². The van der Waals surface area contributed by atoms with Gasteiger partial charge in [0.2, 0.25) is 9.05 Å². The Hall–Kier alpha value is -3.73. The van der Waals surface area contributed by atoms with E-state index in [-0.39, 0.29) is 52.1 Å². The van der Waals surface area contributed by atoms with Gasteiger partial charge in [0.15, 0.2) is 0 Å². The molecule has 0 bridgehead atoms. The summed E-state index contributed by atoms with van der Waals surface area (Å²) >= 11 is 0. The number of ether oxygens (including phenoxy) is 7. The average Bonchev–Trinajstić information content (AvgIpc) is 3.31. The van der Waals surface area contributed by atoms with Crippen LogP contribution in [0.2, 0.25) is 0 Å². The minimum Gasteiger partial charge on any atom is -0.508 e. The Morgan fingerprint density at radius 3 is 1.16 bits per heavy atom. The Kier molecular flexibility index (Phi) is 27.5. The highest BCUT2D eigenvalue weighted by Crippen LogP contribution is 2.45. The maximum atomic E-state index is 10.6. The highest BCUT2D eigenvalue weighted by atomic mass is 35.7. The number of aliphatic hydroxyl groups excluding tert-OH is 1. The molecule has 5 aliphatic rings. The van der Waals surface area contributed by atoms with Crippen molar-refractivity contribution in [3.8, 4) is 17.2 Å². The van der Waals surface area contributed by atoms with Gasteiger partial charge in [-0.05, 0) is 85.9 Å². The molecule has 414 valence electrons. The van der Waals surface area contributed by atoms with Gasteiger partial charge in [-0.2, -0.15) is 8.42 Å². The van der Waals surface area contributed by atoms with Gasteiger partial charge in [0.25, 0.3) is 10.1 Å². The van der Waals surface area contributed by atoms with Crippen molar-refractivity contribution in [3.63, 3.8) is 0 Å². The van der Waals surface area contributed by atoms with E-state index >= 15 is 0 Å². The second-order valence-electron chi connectivity index (χ2n) is 20.9. The number of nitrogens with zero attached hydrogens (tertiary/aromatic N) is 1. The third-order valence-corrected chi connectivity index (χ3v) is 12.2. The van der Waals surface area contributed by atoms with Crippen LogP contribution >= 0.6 is 10.7 Å².